The minimum atomic E-state index is -3.68. The number of aliphatic carboxylic acids is 1. The summed E-state index contributed by atoms with van der Waals surface area (Å²) in [6, 6.07) is 10.7. The number of hydrogen-bond donors (Lipinski definition) is 7. The Hall–Kier alpha value is -5.73. The van der Waals surface area contributed by atoms with E-state index < -0.39 is 55.1 Å². The lowest BCUT2D eigenvalue weighted by molar-refractivity contribution is -0.141. The number of ether oxygens (including phenoxy) is 2. The fourth-order valence-electron chi connectivity index (χ4n) is 7.22. The van der Waals surface area contributed by atoms with Crippen LogP contribution in [-0.4, -0.2) is 121 Å². The van der Waals surface area contributed by atoms with Gasteiger partial charge in [-0.1, -0.05) is 13.0 Å². The van der Waals surface area contributed by atoms with Crippen molar-refractivity contribution in [1.82, 2.24) is 25.1 Å². The maximum atomic E-state index is 14.1. The SMILES string of the molecule is CC(C[C@@H](N)Cc1ccc(O)c(NC(=O)CCOCCOCCNP(=O)(NCCN2C(=O)c3c(c4ccc3o4)C2=O)NCCN2C(=O)c3c(c4ccc3o4)C2=O)c1)C(=O)O. The van der Waals surface area contributed by atoms with Gasteiger partial charge in [0.2, 0.25) is 5.91 Å². The van der Waals surface area contributed by atoms with E-state index in [1.165, 1.54) is 6.07 Å². The van der Waals surface area contributed by atoms with Crippen molar-refractivity contribution in [2.75, 3.05) is 64.5 Å². The molecule has 4 aromatic heterocycles. The van der Waals surface area contributed by atoms with E-state index in [0.29, 0.717) is 28.8 Å². The summed E-state index contributed by atoms with van der Waals surface area (Å²) < 4.78 is 36.1. The highest BCUT2D eigenvalue weighted by Crippen LogP contribution is 2.37. The number of phenolic OH excluding ortho intramolecular Hbond substituents is 1. The highest BCUT2D eigenvalue weighted by Gasteiger charge is 2.43. The predicted octanol–water partition coefficient (Wildman–Crippen LogP) is 2.57. The molecule has 5 aromatic rings. The number of carboxylic acid groups (broad SMARTS) is 1. The molecule has 7 rings (SSSR count). The first-order chi connectivity index (χ1) is 28.7. The summed E-state index contributed by atoms with van der Waals surface area (Å²) >= 11 is 0. The third-order valence-corrected chi connectivity index (χ3v) is 12.2. The van der Waals surface area contributed by atoms with Crippen LogP contribution in [0, 0.1) is 5.92 Å². The summed E-state index contributed by atoms with van der Waals surface area (Å²) in [5.74, 6) is -4.13. The van der Waals surface area contributed by atoms with E-state index in [0.717, 1.165) is 15.4 Å². The highest BCUT2D eigenvalue weighted by atomic mass is 31.2. The number of aromatic hydroxyl groups is 1. The van der Waals surface area contributed by atoms with Gasteiger partial charge >= 0.3 is 5.97 Å². The van der Waals surface area contributed by atoms with E-state index in [9.17, 15) is 38.4 Å². The van der Waals surface area contributed by atoms with Gasteiger partial charge in [-0.2, -0.15) is 0 Å². The van der Waals surface area contributed by atoms with Crippen molar-refractivity contribution in [1.29, 1.82) is 0 Å². The number of carboxylic acids is 1. The summed E-state index contributed by atoms with van der Waals surface area (Å²) in [6.45, 7) is 1.71. The van der Waals surface area contributed by atoms with E-state index in [1.54, 1.807) is 43.3 Å². The Morgan fingerprint density at radius 2 is 1.23 bits per heavy atom. The molecule has 0 aliphatic carbocycles. The standard InChI is InChI=1S/C39H44N7O13P/c1-21(39(53)54)18-23(40)19-22-2-3-25(47)24(20-22)44-30(48)8-14-56-16-17-57-15-11-43-60(55,41-9-12-45-35(49)31-26-4-5-27(58-26)32(31)36(45)50)42-10-13-46-37(51)33-28-6-7-29(59-28)34(33)38(46)52/h2-7,20-21,23,47H,8-19,40H2,1H3,(H,44,48)(H,53,54)(H3,41,42,43,55)/t21?,23-/m1/s1. The molecule has 4 bridgehead atoms. The van der Waals surface area contributed by atoms with Crippen LogP contribution in [-0.2, 0) is 30.0 Å². The van der Waals surface area contributed by atoms with Crippen molar-refractivity contribution in [2.45, 2.75) is 32.2 Å². The molecule has 6 heterocycles. The Morgan fingerprint density at radius 3 is 1.73 bits per heavy atom. The van der Waals surface area contributed by atoms with Crippen molar-refractivity contribution < 1.29 is 61.9 Å². The molecule has 60 heavy (non-hydrogen) atoms. The molecule has 0 radical (unpaired) electrons. The van der Waals surface area contributed by atoms with Gasteiger partial charge in [0, 0.05) is 38.8 Å². The number of hydrogen-bond acceptors (Lipinski definition) is 13. The number of imide groups is 2. The van der Waals surface area contributed by atoms with Crippen LogP contribution >= 0.6 is 7.59 Å². The molecule has 20 nitrogen and oxygen atoms in total. The van der Waals surface area contributed by atoms with Crippen LogP contribution in [0.2, 0.25) is 0 Å². The maximum absolute atomic E-state index is 14.1. The molecule has 1 aromatic carbocycles. The number of fused-ring (bicyclic) bond motifs is 10. The molecule has 0 fully saturated rings. The summed E-state index contributed by atoms with van der Waals surface area (Å²) in [6.07, 6.45) is 0.611. The molecule has 2 atom stereocenters. The number of nitrogens with zero attached hydrogens (tertiary/aromatic N) is 2. The molecule has 5 amide bonds. The van der Waals surface area contributed by atoms with E-state index in [-0.39, 0.29) is 106 Å². The molecular weight excluding hydrogens is 805 g/mol. The second-order valence-electron chi connectivity index (χ2n) is 14.5. The lowest BCUT2D eigenvalue weighted by Crippen LogP contribution is -2.42. The zero-order valence-corrected chi connectivity index (χ0v) is 33.4. The van der Waals surface area contributed by atoms with Gasteiger partial charge in [-0.05, 0) is 54.8 Å². The van der Waals surface area contributed by atoms with E-state index >= 15 is 0 Å². The first kappa shape index (κ1) is 42.4. The third-order valence-electron chi connectivity index (χ3n) is 10.2. The fraction of sp³-hybridized carbons (Fsp3) is 0.385. The van der Waals surface area contributed by atoms with Crippen molar-refractivity contribution in [3.05, 3.63) is 70.3 Å². The number of anilines is 1. The third kappa shape index (κ3) is 8.90. The van der Waals surface area contributed by atoms with Crippen LogP contribution in [0.15, 0.2) is 51.3 Å². The van der Waals surface area contributed by atoms with E-state index in [4.69, 9.17) is 29.1 Å². The zero-order chi connectivity index (χ0) is 42.7. The summed E-state index contributed by atoms with van der Waals surface area (Å²) in [5.41, 5.74) is 9.13. The van der Waals surface area contributed by atoms with Gasteiger partial charge in [0.05, 0.1) is 66.7 Å². The number of nitrogens with one attached hydrogen (secondary N) is 4. The number of nitrogens with two attached hydrogens (primary N) is 1. The monoisotopic (exact) mass is 849 g/mol. The molecule has 2 aliphatic heterocycles. The van der Waals surface area contributed by atoms with Gasteiger partial charge in [0.25, 0.3) is 31.2 Å². The Balaban J connectivity index is 0.832. The van der Waals surface area contributed by atoms with Crippen molar-refractivity contribution in [2.24, 2.45) is 11.7 Å². The first-order valence-electron chi connectivity index (χ1n) is 19.3. The smallest absolute Gasteiger partial charge is 0.306 e. The van der Waals surface area contributed by atoms with E-state index in [1.807, 2.05) is 0 Å². The minimum absolute atomic E-state index is 0.0188. The average molecular weight is 850 g/mol. The van der Waals surface area contributed by atoms with Crippen LogP contribution in [0.4, 0.5) is 5.69 Å². The normalized spacial score (nSPS) is 15.2. The molecule has 21 heteroatoms. The Kier molecular flexibility index (Phi) is 12.6. The topological polar surface area (TPSA) is 285 Å². The van der Waals surface area contributed by atoms with Gasteiger partial charge < -0.3 is 39.6 Å². The number of benzene rings is 3. The molecule has 318 valence electrons. The highest BCUT2D eigenvalue weighted by molar-refractivity contribution is 7.57. The largest absolute Gasteiger partial charge is 0.506 e. The van der Waals surface area contributed by atoms with Crippen LogP contribution < -0.4 is 26.3 Å². The first-order valence-corrected chi connectivity index (χ1v) is 21.0. The van der Waals surface area contributed by atoms with Gasteiger partial charge in [0.1, 0.15) is 28.1 Å². The lowest BCUT2D eigenvalue weighted by atomic mass is 9.96. The Morgan fingerprint density at radius 1 is 0.750 bits per heavy atom. The van der Waals surface area contributed by atoms with Gasteiger partial charge in [-0.3, -0.25) is 43.1 Å². The molecular formula is C39H44N7O13P. The quantitative estimate of drug-likeness (QED) is 0.0203. The molecule has 8 N–H and O–H groups in total. The van der Waals surface area contributed by atoms with Crippen LogP contribution in [0.1, 0.15) is 66.8 Å². The second-order valence-corrected chi connectivity index (χ2v) is 16.7. The second kappa shape index (κ2) is 17.9. The number of rotatable bonds is 24. The minimum Gasteiger partial charge on any atom is -0.506 e. The molecule has 0 spiro atoms. The number of furan rings is 4. The lowest BCUT2D eigenvalue weighted by Gasteiger charge is -2.24. The van der Waals surface area contributed by atoms with Crippen LogP contribution in [0.25, 0.3) is 22.3 Å². The number of carbonyl (C=O) groups excluding carboxylic acids is 5. The van der Waals surface area contributed by atoms with E-state index in [2.05, 4.69) is 20.6 Å². The van der Waals surface area contributed by atoms with Gasteiger partial charge in [-0.15, -0.1) is 0 Å². The fourth-order valence-corrected chi connectivity index (χ4v) is 8.79. The van der Waals surface area contributed by atoms with Crippen molar-refractivity contribution in [3.8, 4) is 5.75 Å². The average Bonchev–Trinajstić information content (AvgIpc) is 4.07. The molecule has 1 unspecified atom stereocenters. The maximum Gasteiger partial charge on any atom is 0.306 e. The van der Waals surface area contributed by atoms with Crippen LogP contribution in [0.5, 0.6) is 5.75 Å². The predicted molar refractivity (Wildman–Crippen MR) is 213 cm³/mol. The number of phenols is 1. The van der Waals surface area contributed by atoms with Crippen LogP contribution in [0.3, 0.4) is 0 Å². The molecule has 2 aliphatic rings. The summed E-state index contributed by atoms with van der Waals surface area (Å²) in [5, 5.41) is 30.6. The summed E-state index contributed by atoms with van der Waals surface area (Å²) in [7, 11) is -3.68. The Labute approximate surface area is 341 Å². The molecule has 0 saturated carbocycles. The summed E-state index contributed by atoms with van der Waals surface area (Å²) in [4.78, 5) is 77.8. The molecule has 0 saturated heterocycles. The van der Waals surface area contributed by atoms with Gasteiger partial charge in [0.15, 0.2) is 0 Å². The number of carbonyl (C=O) groups is 6. The number of amides is 5. The van der Waals surface area contributed by atoms with Gasteiger partial charge in [-0.25, -0.2) is 15.3 Å². The van der Waals surface area contributed by atoms with Crippen molar-refractivity contribution >= 4 is 71.1 Å². The zero-order valence-electron chi connectivity index (χ0n) is 32.5. The Bertz CT molecular complexity index is 2270. The van der Waals surface area contributed by atoms with Crippen molar-refractivity contribution in [3.63, 3.8) is 0 Å².